The summed E-state index contributed by atoms with van der Waals surface area (Å²) in [6, 6.07) is 17.3. The highest BCUT2D eigenvalue weighted by Gasteiger charge is 2.85. The molecule has 3 aliphatic rings. The highest BCUT2D eigenvalue weighted by molar-refractivity contribution is 5.90. The average Bonchev–Trinajstić information content (AvgIpc) is 3.29. The van der Waals surface area contributed by atoms with Gasteiger partial charge in [-0.2, -0.15) is 0 Å². The fourth-order valence-corrected chi connectivity index (χ4v) is 8.36. The predicted octanol–water partition coefficient (Wildman–Crippen LogP) is 4.75. The van der Waals surface area contributed by atoms with Gasteiger partial charge in [0.2, 0.25) is 0 Å². The van der Waals surface area contributed by atoms with Gasteiger partial charge in [0.25, 0.3) is 0 Å². The summed E-state index contributed by atoms with van der Waals surface area (Å²) in [5.41, 5.74) is -5.69. The Labute approximate surface area is 297 Å². The third-order valence-electron chi connectivity index (χ3n) is 10.5. The van der Waals surface area contributed by atoms with E-state index in [0.717, 1.165) is 5.56 Å². The zero-order valence-electron chi connectivity index (χ0n) is 29.8. The molecule has 1 aliphatic heterocycles. The van der Waals surface area contributed by atoms with E-state index in [0.29, 0.717) is 0 Å². The fraction of sp³-hybridized carbons (Fsp3) is 0.513. The molecule has 1 spiro atoms. The highest BCUT2D eigenvalue weighted by atomic mass is 16.6. The van der Waals surface area contributed by atoms with Gasteiger partial charge in [-0.25, -0.2) is 9.59 Å². The fourth-order valence-electron chi connectivity index (χ4n) is 8.36. The smallest absolute Gasteiger partial charge is 0.338 e. The monoisotopic (exact) mass is 706 g/mol. The minimum absolute atomic E-state index is 0.0455. The maximum Gasteiger partial charge on any atom is 0.338 e. The molecule has 51 heavy (non-hydrogen) atoms. The van der Waals surface area contributed by atoms with Crippen LogP contribution in [0, 0.1) is 11.3 Å². The summed E-state index contributed by atoms with van der Waals surface area (Å²) in [7, 11) is 0. The van der Waals surface area contributed by atoms with Crippen molar-refractivity contribution in [2.24, 2.45) is 11.3 Å². The lowest BCUT2D eigenvalue weighted by atomic mass is 9.47. The molecule has 12 heteroatoms. The van der Waals surface area contributed by atoms with Crippen LogP contribution in [0.3, 0.4) is 0 Å². The third-order valence-corrected chi connectivity index (χ3v) is 10.5. The van der Waals surface area contributed by atoms with Crippen LogP contribution in [0.4, 0.5) is 0 Å². The number of carbonyl (C=O) groups is 5. The summed E-state index contributed by atoms with van der Waals surface area (Å²) >= 11 is 0. The summed E-state index contributed by atoms with van der Waals surface area (Å²) < 4.78 is 36.6. The van der Waals surface area contributed by atoms with E-state index in [9.17, 15) is 29.1 Å². The van der Waals surface area contributed by atoms with E-state index in [2.05, 4.69) is 0 Å². The normalized spacial score (nSPS) is 31.9. The number of hydrogen-bond acceptors (Lipinski definition) is 12. The number of carbonyl (C=O) groups excluding carboxylic acids is 5. The van der Waals surface area contributed by atoms with Crippen molar-refractivity contribution < 1.29 is 57.5 Å². The molecule has 0 radical (unpaired) electrons. The minimum atomic E-state index is -1.88. The van der Waals surface area contributed by atoms with Gasteiger partial charge in [-0.15, -0.1) is 0 Å². The second-order valence-electron chi connectivity index (χ2n) is 14.2. The molecule has 0 unspecified atom stereocenters. The van der Waals surface area contributed by atoms with Crippen molar-refractivity contribution in [2.45, 2.75) is 108 Å². The second kappa shape index (κ2) is 14.6. The van der Waals surface area contributed by atoms with Crippen molar-refractivity contribution in [1.82, 2.24) is 0 Å². The largest absolute Gasteiger partial charge is 0.466 e. The first-order chi connectivity index (χ1) is 24.1. The number of esters is 5. The maximum atomic E-state index is 13.9. The molecule has 8 atom stereocenters. The average molecular weight is 707 g/mol. The van der Waals surface area contributed by atoms with Crippen LogP contribution in [0.2, 0.25) is 0 Å². The molecular weight excluding hydrogens is 660 g/mol. The van der Waals surface area contributed by atoms with Crippen LogP contribution in [0.15, 0.2) is 66.7 Å². The van der Waals surface area contributed by atoms with Crippen molar-refractivity contribution >= 4 is 35.9 Å². The van der Waals surface area contributed by atoms with Gasteiger partial charge >= 0.3 is 29.8 Å². The lowest BCUT2D eigenvalue weighted by Crippen LogP contribution is -2.81. The number of fused-ring (bicyclic) bond motifs is 1. The van der Waals surface area contributed by atoms with Gasteiger partial charge in [-0.3, -0.25) is 14.4 Å². The van der Waals surface area contributed by atoms with Gasteiger partial charge in [0.1, 0.15) is 23.9 Å². The number of ether oxygens (including phenoxy) is 6. The Balaban J connectivity index is 1.68. The van der Waals surface area contributed by atoms with Crippen LogP contribution in [-0.2, 0) is 47.6 Å². The van der Waals surface area contributed by atoms with Crippen LogP contribution in [0.5, 0.6) is 0 Å². The lowest BCUT2D eigenvalue weighted by Gasteiger charge is -2.65. The maximum absolute atomic E-state index is 13.9. The Bertz CT molecular complexity index is 1650. The van der Waals surface area contributed by atoms with Crippen molar-refractivity contribution in [3.63, 3.8) is 0 Å². The molecule has 2 aliphatic carbocycles. The Hall–Kier alpha value is -4.55. The van der Waals surface area contributed by atoms with E-state index >= 15 is 0 Å². The molecule has 274 valence electrons. The predicted molar refractivity (Wildman–Crippen MR) is 182 cm³/mol. The standard InChI is InChI=1S/C39H46O12/c1-7-46-28(41)20-21-30(43)49-33-31-32(48-29(42)19-18-25-14-10-8-11-15-25)34(50-35(44)26-16-12-9-13-17-26)38(6)27(47-24(2)40)22-23-37(5,45)39(33,38)51-36(31,3)4/h8-19,27,31-34,45H,7,20-23H2,1-6H3/b19-18+/t27-,31+,32-,33+,34-,37-,38-,39-/m0/s1. The van der Waals surface area contributed by atoms with Crippen LogP contribution in [-0.4, -0.2) is 82.8 Å². The molecule has 3 fully saturated rings. The minimum Gasteiger partial charge on any atom is -0.466 e. The van der Waals surface area contributed by atoms with Crippen LogP contribution in [0.1, 0.15) is 83.1 Å². The van der Waals surface area contributed by atoms with Crippen molar-refractivity contribution in [1.29, 1.82) is 0 Å². The number of hydrogen-bond donors (Lipinski definition) is 1. The highest BCUT2D eigenvalue weighted by Crippen LogP contribution is 2.69. The number of rotatable bonds is 11. The first kappa shape index (κ1) is 37.7. The van der Waals surface area contributed by atoms with E-state index in [4.69, 9.17) is 28.4 Å². The van der Waals surface area contributed by atoms with Crippen molar-refractivity contribution in [3.05, 3.63) is 77.9 Å². The van der Waals surface area contributed by atoms with E-state index in [-0.39, 0.29) is 37.9 Å². The van der Waals surface area contributed by atoms with Crippen molar-refractivity contribution in [2.75, 3.05) is 6.61 Å². The Morgan fingerprint density at radius 2 is 1.47 bits per heavy atom. The molecule has 2 aromatic carbocycles. The van der Waals surface area contributed by atoms with E-state index < -0.39 is 82.4 Å². The Kier molecular flexibility index (Phi) is 10.8. The summed E-state index contributed by atoms with van der Waals surface area (Å²) in [6.45, 7) is 9.61. The van der Waals surface area contributed by atoms with Gasteiger partial charge in [-0.1, -0.05) is 48.5 Å². The number of aliphatic hydroxyl groups is 1. The third kappa shape index (κ3) is 7.03. The van der Waals surface area contributed by atoms with E-state index in [1.54, 1.807) is 76.2 Å². The number of benzene rings is 2. The zero-order valence-corrected chi connectivity index (χ0v) is 29.8. The van der Waals surface area contributed by atoms with E-state index in [1.165, 1.54) is 19.9 Å². The molecule has 12 nitrogen and oxygen atoms in total. The summed E-state index contributed by atoms with van der Waals surface area (Å²) in [6.07, 6.45) is -2.79. The first-order valence-corrected chi connectivity index (χ1v) is 17.2. The van der Waals surface area contributed by atoms with Crippen LogP contribution in [0.25, 0.3) is 6.08 Å². The Morgan fingerprint density at radius 1 is 0.843 bits per heavy atom. The zero-order chi connectivity index (χ0) is 37.2. The summed E-state index contributed by atoms with van der Waals surface area (Å²) in [5.74, 6) is -4.60. The molecule has 1 heterocycles. The molecule has 0 amide bonds. The molecule has 2 aromatic rings. The van der Waals surface area contributed by atoms with Crippen LogP contribution < -0.4 is 0 Å². The molecular formula is C39H46O12. The van der Waals surface area contributed by atoms with Crippen LogP contribution >= 0.6 is 0 Å². The first-order valence-electron chi connectivity index (χ1n) is 17.2. The summed E-state index contributed by atoms with van der Waals surface area (Å²) in [5, 5.41) is 12.4. The lowest BCUT2D eigenvalue weighted by molar-refractivity contribution is -0.336. The van der Waals surface area contributed by atoms with Gasteiger partial charge < -0.3 is 33.5 Å². The van der Waals surface area contributed by atoms with Gasteiger partial charge in [-0.05, 0) is 71.2 Å². The SMILES string of the molecule is CCOC(=O)CCC(=O)O[C@@H]1[C@H]2[C@H](OC(=O)/C=C/c3ccccc3)[C@H](OC(=O)c3ccccc3)[C@]3(C)[C@@H](OC(C)=O)CC[C@](C)(O)[C@@]13OC2(C)C. The van der Waals surface area contributed by atoms with Gasteiger partial charge in [0.05, 0.1) is 47.5 Å². The topological polar surface area (TPSA) is 161 Å². The Morgan fingerprint density at radius 3 is 2.10 bits per heavy atom. The molecule has 1 N–H and O–H groups in total. The molecule has 1 saturated heterocycles. The van der Waals surface area contributed by atoms with Gasteiger partial charge in [0, 0.05) is 13.0 Å². The quantitative estimate of drug-likeness (QED) is 0.194. The van der Waals surface area contributed by atoms with Gasteiger partial charge in [0.15, 0.2) is 6.10 Å². The molecule has 0 aromatic heterocycles. The second-order valence-corrected chi connectivity index (χ2v) is 14.2. The molecule has 5 rings (SSSR count). The molecule has 2 bridgehead atoms. The van der Waals surface area contributed by atoms with E-state index in [1.807, 2.05) is 18.2 Å². The summed E-state index contributed by atoms with van der Waals surface area (Å²) in [4.78, 5) is 66.0. The molecule has 2 saturated carbocycles. The van der Waals surface area contributed by atoms with Crippen molar-refractivity contribution in [3.8, 4) is 0 Å².